The van der Waals surface area contributed by atoms with E-state index in [1.165, 1.54) is 4.90 Å². The first kappa shape index (κ1) is 31.7. The predicted octanol–water partition coefficient (Wildman–Crippen LogP) is 5.89. The van der Waals surface area contributed by atoms with Crippen LogP contribution in [-0.4, -0.2) is 50.5 Å². The van der Waals surface area contributed by atoms with Crippen LogP contribution in [0.3, 0.4) is 0 Å². The highest BCUT2D eigenvalue weighted by atomic mass is 35.5. The molecule has 214 valence electrons. The predicted molar refractivity (Wildman–Crippen MR) is 163 cm³/mol. The molecule has 0 fully saturated rings. The number of nitrogens with one attached hydrogen (secondary N) is 1. The number of sulfonamides is 1. The van der Waals surface area contributed by atoms with E-state index in [0.717, 1.165) is 16.1 Å². The van der Waals surface area contributed by atoms with Crippen molar-refractivity contribution in [1.82, 2.24) is 10.2 Å². The second kappa shape index (κ2) is 14.2. The lowest BCUT2D eigenvalue weighted by Gasteiger charge is -2.34. The number of carbonyl (C=O) groups excluding carboxylic acids is 2. The van der Waals surface area contributed by atoms with E-state index in [1.54, 1.807) is 43.3 Å². The van der Waals surface area contributed by atoms with Crippen molar-refractivity contribution < 1.29 is 18.0 Å². The minimum absolute atomic E-state index is 0.106. The van der Waals surface area contributed by atoms with Crippen LogP contribution in [0, 0.1) is 6.92 Å². The van der Waals surface area contributed by atoms with E-state index in [4.69, 9.17) is 34.8 Å². The fourth-order valence-electron chi connectivity index (χ4n) is 4.27. The van der Waals surface area contributed by atoms with Crippen LogP contribution in [0.25, 0.3) is 0 Å². The molecule has 1 N–H and O–H groups in total. The summed E-state index contributed by atoms with van der Waals surface area (Å²) in [5.41, 5.74) is 2.17. The molecule has 11 heteroatoms. The second-order valence-corrected chi connectivity index (χ2v) is 12.6. The van der Waals surface area contributed by atoms with Crippen LogP contribution in [0.5, 0.6) is 0 Å². The molecule has 1 atom stereocenters. The standard InChI is InChI=1S/C29H32Cl3N3O4S/c1-4-15-33-29(37)27(17-21-9-6-5-7-10-21)34(18-23-24(31)11-8-12-25(23)32)28(36)19-35(40(3,38)39)26-14-13-22(30)16-20(26)2/h5-14,16,27H,4,15,17-19H2,1-3H3,(H,33,37)/t27-/m0/s1. The molecule has 0 saturated carbocycles. The second-order valence-electron chi connectivity index (χ2n) is 9.42. The molecule has 40 heavy (non-hydrogen) atoms. The average molecular weight is 625 g/mol. The van der Waals surface area contributed by atoms with Gasteiger partial charge in [-0.3, -0.25) is 13.9 Å². The Morgan fingerprint density at radius 3 is 2.17 bits per heavy atom. The monoisotopic (exact) mass is 623 g/mol. The number of amides is 2. The van der Waals surface area contributed by atoms with E-state index in [9.17, 15) is 18.0 Å². The highest BCUT2D eigenvalue weighted by Crippen LogP contribution is 2.29. The summed E-state index contributed by atoms with van der Waals surface area (Å²) in [6.07, 6.45) is 1.92. The van der Waals surface area contributed by atoms with Gasteiger partial charge in [0.1, 0.15) is 12.6 Å². The van der Waals surface area contributed by atoms with Crippen LogP contribution in [-0.2, 0) is 32.6 Å². The number of rotatable bonds is 12. The number of carbonyl (C=O) groups is 2. The van der Waals surface area contributed by atoms with Gasteiger partial charge in [-0.05, 0) is 54.8 Å². The van der Waals surface area contributed by atoms with Crippen LogP contribution < -0.4 is 9.62 Å². The molecule has 0 unspecified atom stereocenters. The van der Waals surface area contributed by atoms with Crippen LogP contribution >= 0.6 is 34.8 Å². The molecule has 3 rings (SSSR count). The molecule has 0 aliphatic carbocycles. The molecular weight excluding hydrogens is 593 g/mol. The first-order chi connectivity index (χ1) is 18.9. The Hall–Kier alpha value is -2.78. The van der Waals surface area contributed by atoms with E-state index in [-0.39, 0.29) is 18.9 Å². The highest BCUT2D eigenvalue weighted by molar-refractivity contribution is 7.92. The number of hydrogen-bond donors (Lipinski definition) is 1. The van der Waals surface area contributed by atoms with E-state index in [0.29, 0.717) is 44.8 Å². The smallest absolute Gasteiger partial charge is 0.244 e. The number of anilines is 1. The zero-order chi connectivity index (χ0) is 29.4. The lowest BCUT2D eigenvalue weighted by atomic mass is 10.0. The van der Waals surface area contributed by atoms with Gasteiger partial charge in [-0.15, -0.1) is 0 Å². The largest absolute Gasteiger partial charge is 0.354 e. The first-order valence-corrected chi connectivity index (χ1v) is 15.7. The maximum absolute atomic E-state index is 14.1. The van der Waals surface area contributed by atoms with Gasteiger partial charge in [-0.2, -0.15) is 0 Å². The fourth-order valence-corrected chi connectivity index (χ4v) is 5.92. The van der Waals surface area contributed by atoms with Gasteiger partial charge in [-0.1, -0.05) is 78.1 Å². The molecule has 0 saturated heterocycles. The third-order valence-electron chi connectivity index (χ3n) is 6.32. The van der Waals surface area contributed by atoms with Crippen molar-refractivity contribution in [2.24, 2.45) is 0 Å². The van der Waals surface area contributed by atoms with Crippen LogP contribution in [0.4, 0.5) is 5.69 Å². The summed E-state index contributed by atoms with van der Waals surface area (Å²) < 4.78 is 26.9. The Balaban J connectivity index is 2.11. The minimum Gasteiger partial charge on any atom is -0.354 e. The third-order valence-corrected chi connectivity index (χ3v) is 8.39. The lowest BCUT2D eigenvalue weighted by molar-refractivity contribution is -0.140. The molecule has 0 aliphatic rings. The van der Waals surface area contributed by atoms with Gasteiger partial charge >= 0.3 is 0 Å². The maximum atomic E-state index is 14.1. The van der Waals surface area contributed by atoms with E-state index < -0.39 is 28.5 Å². The first-order valence-electron chi connectivity index (χ1n) is 12.7. The molecule has 0 spiro atoms. The molecule has 0 aromatic heterocycles. The van der Waals surface area contributed by atoms with Gasteiger partial charge in [0.25, 0.3) is 0 Å². The van der Waals surface area contributed by atoms with E-state index >= 15 is 0 Å². The van der Waals surface area contributed by atoms with Gasteiger partial charge in [0.05, 0.1) is 11.9 Å². The summed E-state index contributed by atoms with van der Waals surface area (Å²) in [5, 5.41) is 3.98. The Bertz CT molecular complexity index is 1430. The highest BCUT2D eigenvalue weighted by Gasteiger charge is 2.34. The summed E-state index contributed by atoms with van der Waals surface area (Å²) >= 11 is 19.0. The molecule has 0 aliphatic heterocycles. The summed E-state index contributed by atoms with van der Waals surface area (Å²) in [7, 11) is -3.90. The molecule has 3 aromatic rings. The molecule has 0 bridgehead atoms. The molecule has 0 heterocycles. The van der Waals surface area contributed by atoms with Crippen molar-refractivity contribution in [2.45, 2.75) is 39.3 Å². The fraction of sp³-hybridized carbons (Fsp3) is 0.310. The number of hydrogen-bond acceptors (Lipinski definition) is 4. The SMILES string of the molecule is CCCNC(=O)[C@H](Cc1ccccc1)N(Cc1c(Cl)cccc1Cl)C(=O)CN(c1ccc(Cl)cc1C)S(C)(=O)=O. The summed E-state index contributed by atoms with van der Waals surface area (Å²) in [5.74, 6) is -0.959. The molecule has 3 aromatic carbocycles. The Kier molecular flexibility index (Phi) is 11.3. The van der Waals surface area contributed by atoms with Crippen molar-refractivity contribution >= 4 is 62.3 Å². The number of nitrogens with zero attached hydrogens (tertiary/aromatic N) is 2. The average Bonchev–Trinajstić information content (AvgIpc) is 2.89. The molecule has 7 nitrogen and oxygen atoms in total. The topological polar surface area (TPSA) is 86.8 Å². The minimum atomic E-state index is -3.90. The molecular formula is C29H32Cl3N3O4S. The summed E-state index contributed by atoms with van der Waals surface area (Å²) in [6, 6.07) is 18.0. The third kappa shape index (κ3) is 8.36. The zero-order valence-corrected chi connectivity index (χ0v) is 25.6. The Labute approximate surface area is 251 Å². The van der Waals surface area contributed by atoms with E-state index in [1.807, 2.05) is 37.3 Å². The van der Waals surface area contributed by atoms with Crippen molar-refractivity contribution in [3.8, 4) is 0 Å². The van der Waals surface area contributed by atoms with Crippen LogP contribution in [0.2, 0.25) is 15.1 Å². The summed E-state index contributed by atoms with van der Waals surface area (Å²) in [4.78, 5) is 29.0. The van der Waals surface area contributed by atoms with E-state index in [2.05, 4.69) is 5.32 Å². The van der Waals surface area contributed by atoms with Gasteiger partial charge in [0, 0.05) is 40.1 Å². The van der Waals surface area contributed by atoms with Crippen molar-refractivity contribution in [1.29, 1.82) is 0 Å². The maximum Gasteiger partial charge on any atom is 0.244 e. The van der Waals surface area contributed by atoms with Gasteiger partial charge in [-0.25, -0.2) is 8.42 Å². The van der Waals surface area contributed by atoms with Crippen molar-refractivity contribution in [3.63, 3.8) is 0 Å². The van der Waals surface area contributed by atoms with Crippen molar-refractivity contribution in [3.05, 3.63) is 98.5 Å². The zero-order valence-electron chi connectivity index (χ0n) is 22.5. The Morgan fingerprint density at radius 1 is 0.950 bits per heavy atom. The van der Waals surface area contributed by atoms with Crippen LogP contribution in [0.1, 0.15) is 30.0 Å². The number of aryl methyl sites for hydroxylation is 1. The van der Waals surface area contributed by atoms with Crippen LogP contribution in [0.15, 0.2) is 66.7 Å². The number of halogens is 3. The summed E-state index contributed by atoms with van der Waals surface area (Å²) in [6.45, 7) is 3.40. The molecule has 0 radical (unpaired) electrons. The van der Waals surface area contributed by atoms with Crippen molar-refractivity contribution in [2.75, 3.05) is 23.7 Å². The van der Waals surface area contributed by atoms with Gasteiger partial charge < -0.3 is 10.2 Å². The normalized spacial score (nSPS) is 12.1. The quantitative estimate of drug-likeness (QED) is 0.272. The van der Waals surface area contributed by atoms with Gasteiger partial charge in [0.15, 0.2) is 0 Å². The van der Waals surface area contributed by atoms with Gasteiger partial charge in [0.2, 0.25) is 21.8 Å². The Morgan fingerprint density at radius 2 is 1.60 bits per heavy atom. The lowest BCUT2D eigenvalue weighted by Crippen LogP contribution is -2.53. The number of benzene rings is 3. The molecule has 2 amide bonds.